The molecule has 2 saturated heterocycles. The molecular formula is C24H29N5O2. The summed E-state index contributed by atoms with van der Waals surface area (Å²) in [6, 6.07) is 9.67. The van der Waals surface area contributed by atoms with Crippen molar-refractivity contribution in [3.8, 4) is 0 Å². The Hall–Kier alpha value is -3.09. The maximum Gasteiger partial charge on any atom is 0.322 e. The Balaban J connectivity index is 1.21. The van der Waals surface area contributed by atoms with Crippen LogP contribution >= 0.6 is 0 Å². The van der Waals surface area contributed by atoms with E-state index in [9.17, 15) is 9.59 Å². The van der Waals surface area contributed by atoms with Gasteiger partial charge >= 0.3 is 6.03 Å². The van der Waals surface area contributed by atoms with Crippen molar-refractivity contribution in [3.05, 3.63) is 53.2 Å². The number of aryl methyl sites for hydroxylation is 1. The molecule has 31 heavy (non-hydrogen) atoms. The molecule has 3 heterocycles. The van der Waals surface area contributed by atoms with Gasteiger partial charge in [-0.3, -0.25) is 9.69 Å². The third-order valence-corrected chi connectivity index (χ3v) is 6.59. The van der Waals surface area contributed by atoms with Gasteiger partial charge in [0, 0.05) is 50.2 Å². The molecule has 7 nitrogen and oxygen atoms in total. The van der Waals surface area contributed by atoms with Gasteiger partial charge in [-0.1, -0.05) is 6.07 Å². The van der Waals surface area contributed by atoms with E-state index in [1.54, 1.807) is 4.90 Å². The lowest BCUT2D eigenvalue weighted by molar-refractivity contribution is 0.0746. The average Bonchev–Trinajstić information content (AvgIpc) is 3.58. The van der Waals surface area contributed by atoms with Crippen LogP contribution in [-0.2, 0) is 0 Å². The lowest BCUT2D eigenvalue weighted by atomic mass is 10.1. The van der Waals surface area contributed by atoms with Crippen LogP contribution < -0.4 is 15.1 Å². The first-order valence-electron chi connectivity index (χ1n) is 11.2. The second kappa shape index (κ2) is 7.87. The molecule has 162 valence electrons. The molecule has 1 N–H and O–H groups in total. The highest BCUT2D eigenvalue weighted by Gasteiger charge is 2.29. The van der Waals surface area contributed by atoms with Crippen molar-refractivity contribution >= 4 is 23.4 Å². The van der Waals surface area contributed by atoms with Gasteiger partial charge in [-0.15, -0.1) is 0 Å². The third-order valence-electron chi connectivity index (χ3n) is 6.59. The molecule has 2 aliphatic heterocycles. The molecule has 0 spiro atoms. The minimum absolute atomic E-state index is 0.0406. The number of hydrogen-bond donors (Lipinski definition) is 1. The molecule has 1 aliphatic carbocycles. The highest BCUT2D eigenvalue weighted by atomic mass is 16.2. The topological polar surface area (TPSA) is 68.8 Å². The number of benzene rings is 1. The lowest BCUT2D eigenvalue weighted by Crippen LogP contribution is -2.49. The largest absolute Gasteiger partial charge is 0.353 e. The van der Waals surface area contributed by atoms with Crippen LogP contribution in [0.3, 0.4) is 0 Å². The van der Waals surface area contributed by atoms with Gasteiger partial charge in [-0.2, -0.15) is 0 Å². The Kier molecular flexibility index (Phi) is 5.04. The number of rotatable bonds is 4. The van der Waals surface area contributed by atoms with Gasteiger partial charge in [0.05, 0.1) is 6.04 Å². The molecule has 2 aromatic rings. The van der Waals surface area contributed by atoms with Gasteiger partial charge in [-0.05, 0) is 68.0 Å². The van der Waals surface area contributed by atoms with Gasteiger partial charge in [0.15, 0.2) is 0 Å². The van der Waals surface area contributed by atoms with Crippen LogP contribution in [0.25, 0.3) is 0 Å². The maximum absolute atomic E-state index is 13.0. The van der Waals surface area contributed by atoms with Gasteiger partial charge in [0.1, 0.15) is 5.82 Å². The number of pyridine rings is 1. The van der Waals surface area contributed by atoms with Crippen molar-refractivity contribution in [1.29, 1.82) is 0 Å². The minimum Gasteiger partial charge on any atom is -0.353 e. The smallest absolute Gasteiger partial charge is 0.322 e. The molecule has 3 aliphatic rings. The predicted molar refractivity (Wildman–Crippen MR) is 121 cm³/mol. The predicted octanol–water partition coefficient (Wildman–Crippen LogP) is 3.15. The van der Waals surface area contributed by atoms with E-state index in [0.717, 1.165) is 24.6 Å². The number of piperazine rings is 1. The third kappa shape index (κ3) is 3.84. The molecule has 1 saturated carbocycles. The van der Waals surface area contributed by atoms with E-state index in [1.165, 1.54) is 24.0 Å². The van der Waals surface area contributed by atoms with Crippen LogP contribution in [0.15, 0.2) is 36.5 Å². The summed E-state index contributed by atoms with van der Waals surface area (Å²) in [5, 5.41) is 2.84. The molecule has 1 aromatic heterocycles. The van der Waals surface area contributed by atoms with Crippen molar-refractivity contribution in [2.24, 2.45) is 0 Å². The van der Waals surface area contributed by atoms with Crippen LogP contribution in [-0.4, -0.2) is 60.6 Å². The Labute approximate surface area is 183 Å². The zero-order valence-electron chi connectivity index (χ0n) is 18.2. The highest BCUT2D eigenvalue weighted by Crippen LogP contribution is 2.40. The zero-order valence-corrected chi connectivity index (χ0v) is 18.2. The number of amides is 3. The summed E-state index contributed by atoms with van der Waals surface area (Å²) in [6.45, 7) is 7.70. The fraction of sp³-hybridized carbons (Fsp3) is 0.458. The average molecular weight is 420 g/mol. The summed E-state index contributed by atoms with van der Waals surface area (Å²) in [5.41, 5.74) is 4.06. The molecule has 1 unspecified atom stereocenters. The number of hydrogen-bond acceptors (Lipinski definition) is 4. The van der Waals surface area contributed by atoms with Crippen LogP contribution in [0.2, 0.25) is 0 Å². The summed E-state index contributed by atoms with van der Waals surface area (Å²) in [6.07, 6.45) is 4.60. The van der Waals surface area contributed by atoms with E-state index >= 15 is 0 Å². The Morgan fingerprint density at radius 3 is 2.39 bits per heavy atom. The van der Waals surface area contributed by atoms with Gasteiger partial charge in [-0.25, -0.2) is 9.78 Å². The number of urea groups is 1. The number of nitrogens with zero attached hydrogens (tertiary/aromatic N) is 4. The molecular weight excluding hydrogens is 390 g/mol. The van der Waals surface area contributed by atoms with Crippen molar-refractivity contribution in [1.82, 2.24) is 15.2 Å². The molecule has 0 radical (unpaired) electrons. The Bertz CT molecular complexity index is 994. The Morgan fingerprint density at radius 1 is 1.10 bits per heavy atom. The van der Waals surface area contributed by atoms with E-state index in [1.807, 2.05) is 42.3 Å². The van der Waals surface area contributed by atoms with Gasteiger partial charge in [0.25, 0.3) is 5.91 Å². The SMILES string of the molecule is Cc1cc(C2CC2)cnc1N1CCN(C(=O)c2ccc(N3C(=O)NCC3C)cc2)CC1. The van der Waals surface area contributed by atoms with Gasteiger partial charge < -0.3 is 15.1 Å². The number of aromatic nitrogens is 1. The number of nitrogens with one attached hydrogen (secondary N) is 1. The van der Waals surface area contributed by atoms with E-state index < -0.39 is 0 Å². The minimum atomic E-state index is -0.0863. The summed E-state index contributed by atoms with van der Waals surface area (Å²) in [7, 11) is 0. The lowest BCUT2D eigenvalue weighted by Gasteiger charge is -2.36. The van der Waals surface area contributed by atoms with E-state index in [-0.39, 0.29) is 18.0 Å². The van der Waals surface area contributed by atoms with Gasteiger partial charge in [0.2, 0.25) is 0 Å². The first-order valence-corrected chi connectivity index (χ1v) is 11.2. The number of carbonyl (C=O) groups excluding carboxylic acids is 2. The van der Waals surface area contributed by atoms with E-state index in [0.29, 0.717) is 31.1 Å². The molecule has 7 heteroatoms. The highest BCUT2D eigenvalue weighted by molar-refractivity contribution is 5.97. The van der Waals surface area contributed by atoms with E-state index in [4.69, 9.17) is 4.98 Å². The normalized spacial score (nSPS) is 21.4. The maximum atomic E-state index is 13.0. The van der Waals surface area contributed by atoms with Crippen LogP contribution in [0.1, 0.15) is 47.2 Å². The molecule has 1 aromatic carbocycles. The first-order chi connectivity index (χ1) is 15.0. The van der Waals surface area contributed by atoms with Crippen molar-refractivity contribution in [2.75, 3.05) is 42.5 Å². The summed E-state index contributed by atoms with van der Waals surface area (Å²) in [4.78, 5) is 35.7. The quantitative estimate of drug-likeness (QED) is 0.827. The Morgan fingerprint density at radius 2 is 1.81 bits per heavy atom. The molecule has 5 rings (SSSR count). The first kappa shape index (κ1) is 19.8. The van der Waals surface area contributed by atoms with Crippen molar-refractivity contribution in [3.63, 3.8) is 0 Å². The second-order valence-corrected chi connectivity index (χ2v) is 8.91. The summed E-state index contributed by atoms with van der Waals surface area (Å²) in [5.74, 6) is 1.79. The van der Waals surface area contributed by atoms with Crippen molar-refractivity contribution < 1.29 is 9.59 Å². The van der Waals surface area contributed by atoms with Crippen LogP contribution in [0, 0.1) is 6.92 Å². The summed E-state index contributed by atoms with van der Waals surface area (Å²) >= 11 is 0. The fourth-order valence-corrected chi connectivity index (χ4v) is 4.61. The molecule has 3 fully saturated rings. The van der Waals surface area contributed by atoms with E-state index in [2.05, 4.69) is 23.2 Å². The second-order valence-electron chi connectivity index (χ2n) is 8.91. The van der Waals surface area contributed by atoms with Crippen molar-refractivity contribution in [2.45, 2.75) is 38.6 Å². The zero-order chi connectivity index (χ0) is 21.5. The molecule has 0 bridgehead atoms. The summed E-state index contributed by atoms with van der Waals surface area (Å²) < 4.78 is 0. The van der Waals surface area contributed by atoms with Crippen LogP contribution in [0.5, 0.6) is 0 Å². The van der Waals surface area contributed by atoms with Crippen LogP contribution in [0.4, 0.5) is 16.3 Å². The molecule has 1 atom stereocenters. The number of carbonyl (C=O) groups is 2. The number of anilines is 2. The molecule has 3 amide bonds. The fourth-order valence-electron chi connectivity index (χ4n) is 4.61. The monoisotopic (exact) mass is 419 g/mol. The standard InChI is InChI=1S/C24H29N5O2/c1-16-13-20(18-3-4-18)15-25-22(16)27-9-11-28(12-10-27)23(30)19-5-7-21(8-6-19)29-17(2)14-26-24(29)31/h5-8,13,15,17-18H,3-4,9-12,14H2,1-2H3,(H,26,31).